The van der Waals surface area contributed by atoms with E-state index in [1.54, 1.807) is 10.4 Å². The summed E-state index contributed by atoms with van der Waals surface area (Å²) in [6.07, 6.45) is 8.39. The van der Waals surface area contributed by atoms with Gasteiger partial charge in [-0.1, -0.05) is 25.7 Å². The highest BCUT2D eigenvalue weighted by Gasteiger charge is 2.35. The van der Waals surface area contributed by atoms with Crippen LogP contribution in [0.3, 0.4) is 0 Å². The lowest BCUT2D eigenvalue weighted by Crippen LogP contribution is -2.45. The van der Waals surface area contributed by atoms with Crippen LogP contribution in [0.15, 0.2) is 11.4 Å². The first-order valence-electron chi connectivity index (χ1n) is 6.60. The molecule has 1 nitrogen and oxygen atoms in total. The Morgan fingerprint density at radius 2 is 2.25 bits per heavy atom. The third-order valence-electron chi connectivity index (χ3n) is 4.38. The van der Waals surface area contributed by atoms with Gasteiger partial charge < -0.3 is 5.32 Å². The first-order chi connectivity index (χ1) is 7.78. The predicted molar refractivity (Wildman–Crippen MR) is 70.0 cm³/mol. The van der Waals surface area contributed by atoms with Gasteiger partial charge in [0, 0.05) is 17.0 Å². The fraction of sp³-hybridized carbons (Fsp3) is 0.714. The molecule has 0 bridgehead atoms. The van der Waals surface area contributed by atoms with Gasteiger partial charge in [-0.3, -0.25) is 0 Å². The lowest BCUT2D eigenvalue weighted by molar-refractivity contribution is 0.270. The summed E-state index contributed by atoms with van der Waals surface area (Å²) in [5.74, 6) is 0.961. The molecule has 1 aromatic heterocycles. The summed E-state index contributed by atoms with van der Waals surface area (Å²) in [5, 5.41) is 6.04. The summed E-state index contributed by atoms with van der Waals surface area (Å²) in [6.45, 7) is 3.58. The Balaban J connectivity index is 1.82. The highest BCUT2D eigenvalue weighted by atomic mass is 32.1. The molecule has 1 saturated carbocycles. The minimum absolute atomic E-state index is 0.266. The zero-order chi connectivity index (χ0) is 11.0. The van der Waals surface area contributed by atoms with E-state index < -0.39 is 0 Å². The monoisotopic (exact) mass is 235 g/mol. The predicted octanol–water partition coefficient (Wildman–Crippen LogP) is 3.69. The highest BCUT2D eigenvalue weighted by Crippen LogP contribution is 2.40. The smallest absolute Gasteiger partial charge is 0.0419 e. The Bertz CT molecular complexity index is 365. The number of hydrogen-bond acceptors (Lipinski definition) is 2. The first-order valence-corrected chi connectivity index (χ1v) is 7.48. The molecule has 1 unspecified atom stereocenters. The third-order valence-corrected chi connectivity index (χ3v) is 5.36. The average Bonchev–Trinajstić information content (AvgIpc) is 2.88. The molecule has 0 radical (unpaired) electrons. The molecule has 88 valence electrons. The topological polar surface area (TPSA) is 12.0 Å². The van der Waals surface area contributed by atoms with Gasteiger partial charge >= 0.3 is 0 Å². The summed E-state index contributed by atoms with van der Waals surface area (Å²) >= 11 is 1.95. The van der Waals surface area contributed by atoms with Crippen LogP contribution in [0.5, 0.6) is 0 Å². The largest absolute Gasteiger partial charge is 0.307 e. The summed E-state index contributed by atoms with van der Waals surface area (Å²) in [4.78, 5) is 1.62. The minimum atomic E-state index is 0.266. The molecule has 0 amide bonds. The van der Waals surface area contributed by atoms with Crippen molar-refractivity contribution in [3.05, 3.63) is 21.9 Å². The van der Waals surface area contributed by atoms with Gasteiger partial charge in [-0.15, -0.1) is 11.3 Å². The zero-order valence-corrected chi connectivity index (χ0v) is 10.9. The van der Waals surface area contributed by atoms with Gasteiger partial charge in [0.2, 0.25) is 0 Å². The molecule has 1 fully saturated rings. The molecule has 1 aliphatic heterocycles. The number of hydrogen-bond donors (Lipinski definition) is 1. The van der Waals surface area contributed by atoms with Crippen molar-refractivity contribution < 1.29 is 0 Å². The van der Waals surface area contributed by atoms with Crippen LogP contribution in [0.1, 0.15) is 49.5 Å². The third kappa shape index (κ3) is 1.82. The van der Waals surface area contributed by atoms with Crippen LogP contribution in [0.25, 0.3) is 0 Å². The van der Waals surface area contributed by atoms with Crippen molar-refractivity contribution >= 4 is 11.3 Å². The maximum absolute atomic E-state index is 3.77. The number of fused-ring (bicyclic) bond motifs is 1. The molecule has 1 N–H and O–H groups in total. The molecule has 1 aliphatic carbocycles. The molecular weight excluding hydrogens is 214 g/mol. The second kappa shape index (κ2) is 4.15. The van der Waals surface area contributed by atoms with Crippen molar-refractivity contribution in [3.63, 3.8) is 0 Å². The van der Waals surface area contributed by atoms with E-state index in [9.17, 15) is 0 Å². The average molecular weight is 235 g/mol. The van der Waals surface area contributed by atoms with Crippen LogP contribution >= 0.6 is 11.3 Å². The van der Waals surface area contributed by atoms with Crippen molar-refractivity contribution in [3.8, 4) is 0 Å². The maximum Gasteiger partial charge on any atom is 0.0419 e. The normalized spacial score (nSPS) is 30.6. The minimum Gasteiger partial charge on any atom is -0.307 e. The quantitative estimate of drug-likeness (QED) is 0.824. The molecule has 1 atom stereocenters. The molecule has 2 aliphatic rings. The maximum atomic E-state index is 3.77. The lowest BCUT2D eigenvalue weighted by atomic mass is 9.80. The van der Waals surface area contributed by atoms with E-state index in [4.69, 9.17) is 0 Å². The van der Waals surface area contributed by atoms with Gasteiger partial charge in [-0.05, 0) is 42.7 Å². The molecular formula is C14H21NS. The number of thiophene rings is 1. The van der Waals surface area contributed by atoms with Gasteiger partial charge in [0.1, 0.15) is 0 Å². The summed E-state index contributed by atoms with van der Waals surface area (Å²) in [6, 6.07) is 2.35. The van der Waals surface area contributed by atoms with Crippen molar-refractivity contribution in [1.82, 2.24) is 5.32 Å². The molecule has 1 aromatic rings. The van der Waals surface area contributed by atoms with Crippen molar-refractivity contribution in [2.45, 2.75) is 51.0 Å². The fourth-order valence-corrected chi connectivity index (χ4v) is 4.56. The second-order valence-electron chi connectivity index (χ2n) is 5.62. The standard InChI is InChI=1S/C14H21NS/c1-14(10-11-4-2-3-5-11)12-7-9-16-13(12)6-8-15-14/h7,9,11,15H,2-6,8,10H2,1H3. The van der Waals surface area contributed by atoms with E-state index in [1.165, 1.54) is 38.5 Å². The molecule has 0 aromatic carbocycles. The SMILES string of the molecule is CC1(CC2CCCC2)NCCc2sccc21. The van der Waals surface area contributed by atoms with Gasteiger partial charge in [0.15, 0.2) is 0 Å². The molecule has 0 spiro atoms. The first kappa shape index (κ1) is 10.8. The molecule has 0 saturated heterocycles. The Morgan fingerprint density at radius 1 is 1.44 bits per heavy atom. The van der Waals surface area contributed by atoms with Crippen molar-refractivity contribution in [2.75, 3.05) is 6.54 Å². The Kier molecular flexibility index (Phi) is 2.80. The van der Waals surface area contributed by atoms with E-state index in [2.05, 4.69) is 23.7 Å². The number of rotatable bonds is 2. The van der Waals surface area contributed by atoms with E-state index >= 15 is 0 Å². The summed E-state index contributed by atoms with van der Waals surface area (Å²) < 4.78 is 0. The molecule has 2 heteroatoms. The zero-order valence-electron chi connectivity index (χ0n) is 10.1. The lowest BCUT2D eigenvalue weighted by Gasteiger charge is -2.37. The van der Waals surface area contributed by atoms with Crippen LogP contribution in [0.2, 0.25) is 0 Å². The van der Waals surface area contributed by atoms with Gasteiger partial charge in [-0.2, -0.15) is 0 Å². The Hall–Kier alpha value is -0.340. The van der Waals surface area contributed by atoms with Gasteiger partial charge in [0.05, 0.1) is 0 Å². The van der Waals surface area contributed by atoms with Gasteiger partial charge in [0.25, 0.3) is 0 Å². The molecule has 16 heavy (non-hydrogen) atoms. The highest BCUT2D eigenvalue weighted by molar-refractivity contribution is 7.10. The van der Waals surface area contributed by atoms with E-state index in [0.29, 0.717) is 0 Å². The van der Waals surface area contributed by atoms with E-state index in [0.717, 1.165) is 12.5 Å². The number of nitrogens with one attached hydrogen (secondary N) is 1. The second-order valence-corrected chi connectivity index (χ2v) is 6.62. The van der Waals surface area contributed by atoms with E-state index in [1.807, 2.05) is 11.3 Å². The van der Waals surface area contributed by atoms with Crippen LogP contribution < -0.4 is 5.32 Å². The summed E-state index contributed by atoms with van der Waals surface area (Å²) in [7, 11) is 0. The van der Waals surface area contributed by atoms with Crippen LogP contribution in [-0.4, -0.2) is 6.54 Å². The Labute approximate surface area is 102 Å². The van der Waals surface area contributed by atoms with Crippen LogP contribution in [0.4, 0.5) is 0 Å². The summed E-state index contributed by atoms with van der Waals surface area (Å²) in [5.41, 5.74) is 1.86. The molecule has 3 rings (SSSR count). The van der Waals surface area contributed by atoms with Crippen LogP contribution in [0, 0.1) is 5.92 Å². The van der Waals surface area contributed by atoms with Crippen LogP contribution in [-0.2, 0) is 12.0 Å². The molecule has 2 heterocycles. The van der Waals surface area contributed by atoms with Gasteiger partial charge in [-0.25, -0.2) is 0 Å². The Morgan fingerprint density at radius 3 is 3.06 bits per heavy atom. The fourth-order valence-electron chi connectivity index (χ4n) is 3.55. The van der Waals surface area contributed by atoms with Crippen molar-refractivity contribution in [1.29, 1.82) is 0 Å². The van der Waals surface area contributed by atoms with E-state index in [-0.39, 0.29) is 5.54 Å². The van der Waals surface area contributed by atoms with Crippen molar-refractivity contribution in [2.24, 2.45) is 5.92 Å².